The van der Waals surface area contributed by atoms with Gasteiger partial charge in [0.2, 0.25) is 0 Å². The number of hydrogen-bond acceptors (Lipinski definition) is 2. The molecule has 1 N–H and O–H groups in total. The first-order chi connectivity index (χ1) is 9.24. The van der Waals surface area contributed by atoms with Crippen molar-refractivity contribution in [2.24, 2.45) is 0 Å². The molecular weight excluding hydrogens is 232 g/mol. The van der Waals surface area contributed by atoms with Crippen LogP contribution in [0.15, 0.2) is 42.5 Å². The van der Waals surface area contributed by atoms with Gasteiger partial charge < -0.3 is 5.43 Å². The highest BCUT2D eigenvalue weighted by atomic mass is 15.5. The predicted molar refractivity (Wildman–Crippen MR) is 82.2 cm³/mol. The molecule has 2 nitrogen and oxygen atoms in total. The van der Waals surface area contributed by atoms with Crippen molar-refractivity contribution >= 4 is 16.5 Å². The molecule has 1 heterocycles. The van der Waals surface area contributed by atoms with E-state index in [9.17, 15) is 0 Å². The van der Waals surface area contributed by atoms with Gasteiger partial charge in [-0.25, -0.2) is 5.01 Å². The molecule has 2 unspecified atom stereocenters. The second-order valence-corrected chi connectivity index (χ2v) is 5.71. The van der Waals surface area contributed by atoms with E-state index in [1.165, 1.54) is 35.7 Å². The van der Waals surface area contributed by atoms with E-state index in [-0.39, 0.29) is 0 Å². The van der Waals surface area contributed by atoms with Crippen LogP contribution in [0.25, 0.3) is 10.8 Å². The molecule has 2 heteroatoms. The fourth-order valence-corrected chi connectivity index (χ4v) is 3.05. The predicted octanol–water partition coefficient (Wildman–Crippen LogP) is 4.43. The quantitative estimate of drug-likeness (QED) is 0.853. The zero-order chi connectivity index (χ0) is 13.2. The number of nitrogens with zero attached hydrogens (tertiary/aromatic N) is 1. The van der Waals surface area contributed by atoms with E-state index in [0.29, 0.717) is 12.1 Å². The molecule has 0 radical (unpaired) electrons. The minimum absolute atomic E-state index is 0.607. The van der Waals surface area contributed by atoms with Gasteiger partial charge in [-0.05, 0) is 49.6 Å². The first kappa shape index (κ1) is 12.5. The molecule has 0 spiro atoms. The molecule has 1 aliphatic heterocycles. The van der Waals surface area contributed by atoms with Gasteiger partial charge in [0.25, 0.3) is 0 Å². The number of fused-ring (bicyclic) bond motifs is 1. The number of anilines is 1. The summed E-state index contributed by atoms with van der Waals surface area (Å²) in [5, 5.41) is 5.01. The van der Waals surface area contributed by atoms with E-state index < -0.39 is 0 Å². The molecular formula is C17H22N2. The monoisotopic (exact) mass is 254 g/mol. The molecule has 0 amide bonds. The Bertz CT molecular complexity index is 554. The minimum Gasteiger partial charge on any atom is -0.318 e. The van der Waals surface area contributed by atoms with Crippen molar-refractivity contribution in [1.82, 2.24) is 5.01 Å². The summed E-state index contributed by atoms with van der Waals surface area (Å²) >= 11 is 0. The minimum atomic E-state index is 0.607. The Morgan fingerprint density at radius 2 is 1.63 bits per heavy atom. The summed E-state index contributed by atoms with van der Waals surface area (Å²) in [7, 11) is 0. The summed E-state index contributed by atoms with van der Waals surface area (Å²) in [6.45, 7) is 4.62. The Hall–Kier alpha value is -1.54. The van der Waals surface area contributed by atoms with Gasteiger partial charge in [-0.1, -0.05) is 36.8 Å². The Morgan fingerprint density at radius 1 is 0.947 bits per heavy atom. The molecule has 0 aliphatic carbocycles. The van der Waals surface area contributed by atoms with Gasteiger partial charge in [0.1, 0.15) is 0 Å². The molecule has 2 aromatic carbocycles. The number of rotatable bonds is 2. The van der Waals surface area contributed by atoms with Crippen LogP contribution in [-0.4, -0.2) is 17.1 Å². The van der Waals surface area contributed by atoms with E-state index in [2.05, 4.69) is 66.7 Å². The van der Waals surface area contributed by atoms with Crippen LogP contribution in [0.5, 0.6) is 0 Å². The van der Waals surface area contributed by atoms with Crippen molar-refractivity contribution in [1.29, 1.82) is 0 Å². The number of hydrogen-bond donors (Lipinski definition) is 1. The fraction of sp³-hybridized carbons (Fsp3) is 0.412. The standard InChI is InChI=1S/C17H22N2/c1-13-6-5-7-14(2)19(13)18-17-11-10-15-8-3-4-9-16(15)12-17/h3-4,8-14,18H,5-7H2,1-2H3. The molecule has 0 bridgehead atoms. The average Bonchev–Trinajstić information content (AvgIpc) is 2.43. The Kier molecular flexibility index (Phi) is 3.43. The second-order valence-electron chi connectivity index (χ2n) is 5.71. The van der Waals surface area contributed by atoms with E-state index in [4.69, 9.17) is 0 Å². The lowest BCUT2D eigenvalue weighted by Crippen LogP contribution is -2.47. The molecule has 3 rings (SSSR count). The second kappa shape index (κ2) is 5.22. The third kappa shape index (κ3) is 2.59. The van der Waals surface area contributed by atoms with Gasteiger partial charge in [-0.15, -0.1) is 0 Å². The summed E-state index contributed by atoms with van der Waals surface area (Å²) in [4.78, 5) is 0. The lowest BCUT2D eigenvalue weighted by Gasteiger charge is -2.39. The molecule has 100 valence electrons. The lowest BCUT2D eigenvalue weighted by molar-refractivity contribution is 0.136. The number of hydrazine groups is 1. The molecule has 1 fully saturated rings. The highest BCUT2D eigenvalue weighted by Gasteiger charge is 2.24. The molecule has 2 atom stereocenters. The van der Waals surface area contributed by atoms with Crippen molar-refractivity contribution in [3.63, 3.8) is 0 Å². The summed E-state index contributed by atoms with van der Waals surface area (Å²) in [5.41, 5.74) is 4.80. The zero-order valence-electron chi connectivity index (χ0n) is 11.8. The third-order valence-electron chi connectivity index (χ3n) is 4.20. The van der Waals surface area contributed by atoms with Crippen molar-refractivity contribution in [2.75, 3.05) is 5.43 Å². The van der Waals surface area contributed by atoms with Crippen molar-refractivity contribution in [2.45, 2.75) is 45.2 Å². The number of benzene rings is 2. The van der Waals surface area contributed by atoms with Crippen LogP contribution in [0.4, 0.5) is 5.69 Å². The first-order valence-corrected chi connectivity index (χ1v) is 7.28. The summed E-state index contributed by atoms with van der Waals surface area (Å²) in [5.74, 6) is 0. The average molecular weight is 254 g/mol. The third-order valence-corrected chi connectivity index (χ3v) is 4.20. The maximum atomic E-state index is 3.61. The largest absolute Gasteiger partial charge is 0.318 e. The van der Waals surface area contributed by atoms with E-state index in [1.807, 2.05) is 0 Å². The Labute approximate surface area is 115 Å². The van der Waals surface area contributed by atoms with Gasteiger partial charge in [0.15, 0.2) is 0 Å². The smallest absolute Gasteiger partial charge is 0.0496 e. The molecule has 0 aromatic heterocycles. The van der Waals surface area contributed by atoms with E-state index >= 15 is 0 Å². The number of piperidine rings is 1. The normalized spacial score (nSPS) is 24.5. The highest BCUT2D eigenvalue weighted by molar-refractivity contribution is 5.85. The van der Waals surface area contributed by atoms with Gasteiger partial charge >= 0.3 is 0 Å². The molecule has 0 saturated carbocycles. The molecule has 1 aliphatic rings. The van der Waals surface area contributed by atoms with Gasteiger partial charge in [0, 0.05) is 17.8 Å². The highest BCUT2D eigenvalue weighted by Crippen LogP contribution is 2.25. The fourth-order valence-electron chi connectivity index (χ4n) is 3.05. The van der Waals surface area contributed by atoms with Crippen LogP contribution in [0.3, 0.4) is 0 Å². The summed E-state index contributed by atoms with van der Waals surface area (Å²) < 4.78 is 0. The van der Waals surface area contributed by atoms with Crippen molar-refractivity contribution < 1.29 is 0 Å². The zero-order valence-corrected chi connectivity index (χ0v) is 11.8. The number of nitrogens with one attached hydrogen (secondary N) is 1. The van der Waals surface area contributed by atoms with Crippen LogP contribution in [0.1, 0.15) is 33.1 Å². The van der Waals surface area contributed by atoms with Crippen LogP contribution >= 0.6 is 0 Å². The van der Waals surface area contributed by atoms with Crippen LogP contribution in [0, 0.1) is 0 Å². The van der Waals surface area contributed by atoms with Crippen LogP contribution in [0.2, 0.25) is 0 Å². The maximum Gasteiger partial charge on any atom is 0.0496 e. The lowest BCUT2D eigenvalue weighted by atomic mass is 10.00. The van der Waals surface area contributed by atoms with Gasteiger partial charge in [-0.2, -0.15) is 0 Å². The first-order valence-electron chi connectivity index (χ1n) is 7.28. The summed E-state index contributed by atoms with van der Waals surface area (Å²) in [6.07, 6.45) is 3.91. The van der Waals surface area contributed by atoms with Crippen molar-refractivity contribution in [3.8, 4) is 0 Å². The van der Waals surface area contributed by atoms with Crippen LogP contribution < -0.4 is 5.43 Å². The maximum absolute atomic E-state index is 3.61. The molecule has 1 saturated heterocycles. The van der Waals surface area contributed by atoms with Crippen molar-refractivity contribution in [3.05, 3.63) is 42.5 Å². The molecule has 2 aromatic rings. The van der Waals surface area contributed by atoms with Crippen LogP contribution in [-0.2, 0) is 0 Å². The molecule has 19 heavy (non-hydrogen) atoms. The van der Waals surface area contributed by atoms with E-state index in [1.54, 1.807) is 0 Å². The Morgan fingerprint density at radius 3 is 2.37 bits per heavy atom. The van der Waals surface area contributed by atoms with E-state index in [0.717, 1.165) is 0 Å². The van der Waals surface area contributed by atoms with Gasteiger partial charge in [0.05, 0.1) is 0 Å². The topological polar surface area (TPSA) is 15.3 Å². The van der Waals surface area contributed by atoms with Gasteiger partial charge in [-0.3, -0.25) is 0 Å². The SMILES string of the molecule is CC1CCCC(C)N1Nc1ccc2ccccc2c1. The Balaban J connectivity index is 1.84. The summed E-state index contributed by atoms with van der Waals surface area (Å²) in [6, 6.07) is 16.3.